The van der Waals surface area contributed by atoms with E-state index in [1.165, 1.54) is 0 Å². The van der Waals surface area contributed by atoms with Crippen LogP contribution in [0.4, 0.5) is 0 Å². The normalized spacial score (nSPS) is 20.3. The fraction of sp³-hybridized carbons (Fsp3) is 0.160. The third-order valence-corrected chi connectivity index (χ3v) is 19.5. The van der Waals surface area contributed by atoms with Gasteiger partial charge >= 0.3 is 53.7 Å². The van der Waals surface area contributed by atoms with Crippen molar-refractivity contribution in [2.24, 2.45) is 0 Å². The molecule has 123 heavy (non-hydrogen) atoms. The third-order valence-electron chi connectivity index (χ3n) is 19.5. The molecule has 640 valence electrons. The van der Waals surface area contributed by atoms with Crippen molar-refractivity contribution in [3.05, 3.63) is 117 Å². The summed E-state index contributed by atoms with van der Waals surface area (Å²) >= 11 is 0. The van der Waals surface area contributed by atoms with E-state index in [0.29, 0.717) is 48.5 Å². The SMILES string of the molecule is O=C(OC[C@H]1O[C@@H](O)[C@@H]2OC(=O)c3cc(O)c(O)c(O)c3-c3c(cc(O)c(O)c3O)C(=O)O[C@H]2[C@@H]1OC(=O)c1cc(O)c(O)c(O)c1Oc1cc2c(c(O)c1O)-c1c(cc(O)c(O)c1O)C(=O)O[C@H]1[C@@H]3OC(=O)c4cc(O)c(O)c(O)c4-c4c(cc(O)c(O)c4O)C(=O)O[C@H]3[C@H](OC(=O)c3cc(O)c(O)c(O)c3)O[C@@H]1COC2=O)c1cc(O)c(O)c(O)c1. The maximum absolute atomic E-state index is 15.3. The number of phenols is 26. The van der Waals surface area contributed by atoms with Gasteiger partial charge in [-0.2, -0.15) is 0 Å². The predicted molar refractivity (Wildman–Crippen MR) is 379 cm³/mol. The number of cyclic esters (lactones) is 1. The molecule has 2 fully saturated rings. The van der Waals surface area contributed by atoms with Crippen molar-refractivity contribution < 1.29 is 238 Å². The van der Waals surface area contributed by atoms with E-state index in [4.69, 9.17) is 56.8 Å². The summed E-state index contributed by atoms with van der Waals surface area (Å²) in [4.78, 5) is 133. The van der Waals surface area contributed by atoms with Crippen molar-refractivity contribution in [3.63, 3.8) is 0 Å². The van der Waals surface area contributed by atoms with E-state index in [0.717, 1.165) is 0 Å². The molecule has 0 radical (unpaired) electrons. The molecule has 0 unspecified atom stereocenters. The number of rotatable bonds is 9. The lowest BCUT2D eigenvalue weighted by molar-refractivity contribution is -0.284. The maximum Gasteiger partial charge on any atom is 0.342 e. The zero-order chi connectivity index (χ0) is 89.5. The van der Waals surface area contributed by atoms with E-state index in [1.54, 1.807) is 0 Å². The molecular formula is C75H52O48. The van der Waals surface area contributed by atoms with Gasteiger partial charge in [-0.1, -0.05) is 0 Å². The first kappa shape index (κ1) is 82.2. The van der Waals surface area contributed by atoms with Gasteiger partial charge in [0.15, 0.2) is 152 Å². The molecule has 14 rings (SSSR count). The number of phenolic OH excluding ortho intramolecular Hbond substituents is 26. The highest BCUT2D eigenvalue weighted by atomic mass is 16.8. The molecule has 5 aliphatic heterocycles. The highest BCUT2D eigenvalue weighted by molar-refractivity contribution is 6.12. The number of aliphatic hydroxyl groups excluding tert-OH is 1. The molecule has 9 aromatic carbocycles. The van der Waals surface area contributed by atoms with Gasteiger partial charge in [-0.05, 0) is 54.6 Å². The van der Waals surface area contributed by atoms with Gasteiger partial charge in [-0.3, -0.25) is 0 Å². The minimum atomic E-state index is -2.82. The Labute approximate surface area is 675 Å². The van der Waals surface area contributed by atoms with E-state index in [9.17, 15) is 167 Å². The van der Waals surface area contributed by atoms with Crippen molar-refractivity contribution in [2.45, 2.75) is 61.4 Å². The molecule has 0 aliphatic carbocycles. The molecule has 0 aromatic heterocycles. The Morgan fingerprint density at radius 3 is 1.07 bits per heavy atom. The Morgan fingerprint density at radius 2 is 0.650 bits per heavy atom. The van der Waals surface area contributed by atoms with Crippen LogP contribution in [0, 0.1) is 0 Å². The van der Waals surface area contributed by atoms with E-state index in [1.807, 2.05) is 0 Å². The van der Waals surface area contributed by atoms with Crippen molar-refractivity contribution in [2.75, 3.05) is 13.2 Å². The topological polar surface area (TPSA) is 811 Å². The van der Waals surface area contributed by atoms with Crippen LogP contribution in [0.1, 0.15) is 93.2 Å². The molecule has 10 atom stereocenters. The second-order valence-electron chi connectivity index (χ2n) is 26.8. The number of aromatic hydroxyl groups is 26. The van der Waals surface area contributed by atoms with Gasteiger partial charge in [0.1, 0.15) is 31.0 Å². The number of benzene rings is 9. The lowest BCUT2D eigenvalue weighted by Crippen LogP contribution is -2.63. The number of hydrogen-bond donors (Lipinski definition) is 27. The predicted octanol–water partition coefficient (Wildman–Crippen LogP) is 2.73. The molecule has 5 heterocycles. The van der Waals surface area contributed by atoms with Crippen LogP contribution in [0.3, 0.4) is 0 Å². The van der Waals surface area contributed by atoms with E-state index in [-0.39, 0.29) is 18.2 Å². The largest absolute Gasteiger partial charge is 0.504 e. The van der Waals surface area contributed by atoms with Crippen molar-refractivity contribution in [1.29, 1.82) is 0 Å². The Hall–Kier alpha value is -17.3. The fourth-order valence-electron chi connectivity index (χ4n) is 13.6. The lowest BCUT2D eigenvalue weighted by Gasteiger charge is -2.44. The van der Waals surface area contributed by atoms with Crippen LogP contribution in [0.25, 0.3) is 33.4 Å². The standard InChI is InChI=1S/C75H52O48/c76-23-1-14(2-24(77)42(23)86)65(102)112-12-34-59(61-63(74(111)115-34)121-71(108)19-8-30(83)46(90)53(97)38(19)36-17(69(106)119-61)6-28(81)44(88)51(36)95)118-73(110)22-10-32(85)49(93)57(101)58(22)114-33-11-21-41(56(100)50(33)94)40-16(5-27(80)48(92)55(40)99)68(105)117-60-35(13-113-67(21)104)116-75(123-66(103)15-3-25(78)43(87)26(79)4-15)64-62(60)120-70(107)18-7-29(82)45(89)52(96)37(18)39-20(72(109)122-64)9-31(84)47(91)54(39)98/h1-11,34-35,59-64,74-101,111H,12-13H2/t34-,35-,59-,60-,61+,62+,63-,64-,74-,75+/m1/s1. The van der Waals surface area contributed by atoms with Crippen LogP contribution in [0.15, 0.2) is 66.7 Å². The first-order valence-electron chi connectivity index (χ1n) is 34.2. The molecule has 0 amide bonds. The third kappa shape index (κ3) is 13.6. The minimum absolute atomic E-state index is 0.134. The van der Waals surface area contributed by atoms with Crippen LogP contribution in [0.5, 0.6) is 161 Å². The van der Waals surface area contributed by atoms with Gasteiger partial charge in [0, 0.05) is 45.5 Å². The molecule has 0 saturated carbocycles. The second kappa shape index (κ2) is 30.0. The van der Waals surface area contributed by atoms with Gasteiger partial charge in [0.2, 0.25) is 58.4 Å². The second-order valence-corrected chi connectivity index (χ2v) is 26.8. The van der Waals surface area contributed by atoms with Crippen molar-refractivity contribution >= 4 is 53.7 Å². The quantitative estimate of drug-likeness (QED) is 0.0561. The highest BCUT2D eigenvalue weighted by Gasteiger charge is 2.58. The molecule has 5 aliphatic rings. The maximum atomic E-state index is 15.3. The first-order chi connectivity index (χ1) is 57.9. The Balaban J connectivity index is 0.884. The Morgan fingerprint density at radius 1 is 0.317 bits per heavy atom. The summed E-state index contributed by atoms with van der Waals surface area (Å²) in [5, 5.41) is 297. The molecule has 48 nitrogen and oxygen atoms in total. The van der Waals surface area contributed by atoms with Crippen LogP contribution in [-0.2, 0) is 52.1 Å². The highest BCUT2D eigenvalue weighted by Crippen LogP contribution is 2.59. The van der Waals surface area contributed by atoms with E-state index < -0.39 is 373 Å². The smallest absolute Gasteiger partial charge is 0.342 e. The molecule has 0 bridgehead atoms. The van der Waals surface area contributed by atoms with Crippen LogP contribution in [0.2, 0.25) is 0 Å². The van der Waals surface area contributed by atoms with Crippen LogP contribution < -0.4 is 4.74 Å². The number of hydrogen-bond acceptors (Lipinski definition) is 48. The molecule has 2 saturated heterocycles. The van der Waals surface area contributed by atoms with Gasteiger partial charge < -0.3 is 195 Å². The van der Waals surface area contributed by atoms with Crippen molar-refractivity contribution in [3.8, 4) is 194 Å². The number of carbonyl (C=O) groups is 9. The number of fused-ring (bicyclic) bond motifs is 13. The monoisotopic (exact) mass is 1720 g/mol. The number of esters is 9. The zero-order valence-electron chi connectivity index (χ0n) is 60.2. The Kier molecular flexibility index (Phi) is 20.1. The number of carbonyl (C=O) groups excluding carboxylic acids is 9. The molecule has 9 aromatic rings. The average molecular weight is 1720 g/mol. The van der Waals surface area contributed by atoms with Gasteiger partial charge in [0.05, 0.1) is 44.5 Å². The molecular weight excluding hydrogens is 1670 g/mol. The summed E-state index contributed by atoms with van der Waals surface area (Å²) < 4.78 is 67.8. The summed E-state index contributed by atoms with van der Waals surface area (Å²) in [6.45, 7) is -3.08. The Bertz CT molecular complexity index is 6140. The molecule has 0 spiro atoms. The first-order valence-corrected chi connectivity index (χ1v) is 34.2. The van der Waals surface area contributed by atoms with Crippen LogP contribution >= 0.6 is 0 Å². The van der Waals surface area contributed by atoms with Crippen LogP contribution in [-0.4, -0.2) is 266 Å². The minimum Gasteiger partial charge on any atom is -0.504 e. The fourth-order valence-corrected chi connectivity index (χ4v) is 13.6. The van der Waals surface area contributed by atoms with E-state index in [2.05, 4.69) is 0 Å². The van der Waals surface area contributed by atoms with Crippen molar-refractivity contribution in [1.82, 2.24) is 0 Å². The molecule has 27 N–H and O–H groups in total. The summed E-state index contributed by atoms with van der Waals surface area (Å²) in [6, 6.07) is 3.69. The summed E-state index contributed by atoms with van der Waals surface area (Å²) in [5.74, 6) is -59.7. The van der Waals surface area contributed by atoms with Gasteiger partial charge in [-0.15, -0.1) is 0 Å². The average Bonchev–Trinajstić information content (AvgIpc) is 1.37. The summed E-state index contributed by atoms with van der Waals surface area (Å²) in [7, 11) is 0. The van der Waals surface area contributed by atoms with E-state index >= 15 is 14.4 Å². The van der Waals surface area contributed by atoms with Gasteiger partial charge in [0.25, 0.3) is 0 Å². The summed E-state index contributed by atoms with van der Waals surface area (Å²) in [6.07, 6.45) is -27.2. The van der Waals surface area contributed by atoms with Gasteiger partial charge in [-0.25, -0.2) is 43.2 Å². The zero-order valence-corrected chi connectivity index (χ0v) is 60.2. The number of ether oxygens (including phenoxy) is 12. The number of aliphatic hydroxyl groups is 1. The molecule has 48 heteroatoms. The lowest BCUT2D eigenvalue weighted by atomic mass is 9.91. The summed E-state index contributed by atoms with van der Waals surface area (Å²) in [5.41, 5.74) is -18.9.